The molecule has 2 rings (SSSR count). The maximum atomic E-state index is 6.10. The molecule has 0 bridgehead atoms. The lowest BCUT2D eigenvalue weighted by atomic mass is 10.1. The SMILES string of the molecule is NC(CCc1ccccc1)c1cccs1. The molecular formula is C13H15NS. The number of thiophene rings is 1. The fourth-order valence-electron chi connectivity index (χ4n) is 1.61. The monoisotopic (exact) mass is 217 g/mol. The molecule has 2 aromatic rings. The van der Waals surface area contributed by atoms with Gasteiger partial charge in [-0.25, -0.2) is 0 Å². The summed E-state index contributed by atoms with van der Waals surface area (Å²) in [6.45, 7) is 0. The van der Waals surface area contributed by atoms with Gasteiger partial charge in [0.2, 0.25) is 0 Å². The van der Waals surface area contributed by atoms with Crippen molar-refractivity contribution in [3.05, 3.63) is 58.3 Å². The number of benzene rings is 1. The van der Waals surface area contributed by atoms with Gasteiger partial charge in [0.1, 0.15) is 0 Å². The average Bonchev–Trinajstić information content (AvgIpc) is 2.81. The topological polar surface area (TPSA) is 26.0 Å². The molecule has 1 heterocycles. The maximum absolute atomic E-state index is 6.10. The first kappa shape index (κ1) is 10.4. The van der Waals surface area contributed by atoms with E-state index in [0.717, 1.165) is 12.8 Å². The zero-order chi connectivity index (χ0) is 10.5. The minimum Gasteiger partial charge on any atom is -0.323 e. The van der Waals surface area contributed by atoms with Crippen molar-refractivity contribution in [3.8, 4) is 0 Å². The van der Waals surface area contributed by atoms with Crippen molar-refractivity contribution in [3.63, 3.8) is 0 Å². The minimum absolute atomic E-state index is 0.185. The van der Waals surface area contributed by atoms with Crippen molar-refractivity contribution < 1.29 is 0 Å². The standard InChI is InChI=1S/C13H15NS/c14-12(13-7-4-10-15-13)9-8-11-5-2-1-3-6-11/h1-7,10,12H,8-9,14H2. The second-order valence-corrected chi connectivity index (χ2v) is 4.63. The number of nitrogens with two attached hydrogens (primary N) is 1. The molecule has 0 radical (unpaired) electrons. The van der Waals surface area contributed by atoms with Crippen molar-refractivity contribution in [2.24, 2.45) is 5.73 Å². The molecule has 0 amide bonds. The van der Waals surface area contributed by atoms with E-state index in [4.69, 9.17) is 5.73 Å². The molecule has 0 spiro atoms. The molecule has 0 aliphatic rings. The zero-order valence-electron chi connectivity index (χ0n) is 8.60. The normalized spacial score (nSPS) is 12.6. The summed E-state index contributed by atoms with van der Waals surface area (Å²) < 4.78 is 0. The molecule has 0 aliphatic heterocycles. The van der Waals surface area contributed by atoms with E-state index in [1.807, 2.05) is 6.07 Å². The third-order valence-corrected chi connectivity index (χ3v) is 3.50. The molecule has 1 aromatic carbocycles. The van der Waals surface area contributed by atoms with E-state index in [2.05, 4.69) is 41.8 Å². The molecule has 15 heavy (non-hydrogen) atoms. The Bertz CT molecular complexity index is 380. The van der Waals surface area contributed by atoms with E-state index in [9.17, 15) is 0 Å². The average molecular weight is 217 g/mol. The Balaban J connectivity index is 1.89. The van der Waals surface area contributed by atoms with Gasteiger partial charge in [-0.05, 0) is 29.9 Å². The molecular weight excluding hydrogens is 202 g/mol. The molecule has 0 saturated carbocycles. The second-order valence-electron chi connectivity index (χ2n) is 3.65. The van der Waals surface area contributed by atoms with Gasteiger partial charge in [-0.1, -0.05) is 36.4 Å². The quantitative estimate of drug-likeness (QED) is 0.834. The third-order valence-electron chi connectivity index (χ3n) is 2.50. The molecule has 0 saturated heterocycles. The molecule has 1 nitrogen and oxygen atoms in total. The van der Waals surface area contributed by atoms with Gasteiger partial charge in [-0.2, -0.15) is 0 Å². The number of hydrogen-bond acceptors (Lipinski definition) is 2. The summed E-state index contributed by atoms with van der Waals surface area (Å²) >= 11 is 1.74. The molecule has 2 heteroatoms. The first-order chi connectivity index (χ1) is 7.36. The van der Waals surface area contributed by atoms with Crippen molar-refractivity contribution in [2.75, 3.05) is 0 Å². The van der Waals surface area contributed by atoms with Gasteiger partial charge in [0.25, 0.3) is 0 Å². The van der Waals surface area contributed by atoms with Gasteiger partial charge in [-0.3, -0.25) is 0 Å². The van der Waals surface area contributed by atoms with Crippen LogP contribution in [0.5, 0.6) is 0 Å². The van der Waals surface area contributed by atoms with E-state index in [-0.39, 0.29) is 6.04 Å². The van der Waals surface area contributed by atoms with Crippen molar-refractivity contribution in [1.82, 2.24) is 0 Å². The first-order valence-corrected chi connectivity index (χ1v) is 6.07. The largest absolute Gasteiger partial charge is 0.323 e. The molecule has 2 N–H and O–H groups in total. The number of aryl methyl sites for hydroxylation is 1. The highest BCUT2D eigenvalue weighted by Gasteiger charge is 2.06. The summed E-state index contributed by atoms with van der Waals surface area (Å²) in [4.78, 5) is 1.28. The van der Waals surface area contributed by atoms with Gasteiger partial charge in [-0.15, -0.1) is 11.3 Å². The van der Waals surface area contributed by atoms with Gasteiger partial charge in [0.05, 0.1) is 0 Å². The Morgan fingerprint density at radius 3 is 2.53 bits per heavy atom. The fourth-order valence-corrected chi connectivity index (χ4v) is 2.38. The Morgan fingerprint density at radius 1 is 1.07 bits per heavy atom. The Hall–Kier alpha value is -1.12. The lowest BCUT2D eigenvalue weighted by Gasteiger charge is -2.08. The van der Waals surface area contributed by atoms with Crippen LogP contribution < -0.4 is 5.73 Å². The van der Waals surface area contributed by atoms with Gasteiger partial charge < -0.3 is 5.73 Å². The van der Waals surface area contributed by atoms with E-state index < -0.39 is 0 Å². The first-order valence-electron chi connectivity index (χ1n) is 5.19. The van der Waals surface area contributed by atoms with Crippen LogP contribution in [0.4, 0.5) is 0 Å². The summed E-state index contributed by atoms with van der Waals surface area (Å²) in [7, 11) is 0. The van der Waals surface area contributed by atoms with Gasteiger partial charge in [0, 0.05) is 10.9 Å². The van der Waals surface area contributed by atoms with Crippen molar-refractivity contribution in [2.45, 2.75) is 18.9 Å². The van der Waals surface area contributed by atoms with Crippen LogP contribution in [-0.4, -0.2) is 0 Å². The van der Waals surface area contributed by atoms with Crippen LogP contribution in [0.25, 0.3) is 0 Å². The summed E-state index contributed by atoms with van der Waals surface area (Å²) in [5, 5.41) is 2.08. The smallest absolute Gasteiger partial charge is 0.0392 e. The number of hydrogen-bond donors (Lipinski definition) is 1. The molecule has 1 unspecified atom stereocenters. The molecule has 0 aliphatic carbocycles. The highest BCUT2D eigenvalue weighted by molar-refractivity contribution is 7.10. The van der Waals surface area contributed by atoms with Crippen molar-refractivity contribution in [1.29, 1.82) is 0 Å². The molecule has 0 fully saturated rings. The highest BCUT2D eigenvalue weighted by Crippen LogP contribution is 2.21. The lowest BCUT2D eigenvalue weighted by Crippen LogP contribution is -2.09. The molecule has 1 aromatic heterocycles. The number of rotatable bonds is 4. The van der Waals surface area contributed by atoms with E-state index in [0.29, 0.717) is 0 Å². The van der Waals surface area contributed by atoms with Gasteiger partial charge >= 0.3 is 0 Å². The highest BCUT2D eigenvalue weighted by atomic mass is 32.1. The second kappa shape index (κ2) is 5.10. The zero-order valence-corrected chi connectivity index (χ0v) is 9.41. The van der Waals surface area contributed by atoms with E-state index in [1.54, 1.807) is 11.3 Å². The third kappa shape index (κ3) is 2.91. The van der Waals surface area contributed by atoms with Crippen LogP contribution in [0, 0.1) is 0 Å². The minimum atomic E-state index is 0.185. The van der Waals surface area contributed by atoms with Crippen molar-refractivity contribution >= 4 is 11.3 Å². The molecule has 1 atom stereocenters. The maximum Gasteiger partial charge on any atom is 0.0392 e. The summed E-state index contributed by atoms with van der Waals surface area (Å²) in [6.07, 6.45) is 2.07. The van der Waals surface area contributed by atoms with Gasteiger partial charge in [0.15, 0.2) is 0 Å². The van der Waals surface area contributed by atoms with Crippen LogP contribution in [0.3, 0.4) is 0 Å². The summed E-state index contributed by atoms with van der Waals surface area (Å²) in [5.74, 6) is 0. The summed E-state index contributed by atoms with van der Waals surface area (Å²) in [5.41, 5.74) is 7.46. The lowest BCUT2D eigenvalue weighted by molar-refractivity contribution is 0.662. The summed E-state index contributed by atoms with van der Waals surface area (Å²) in [6, 6.07) is 14.9. The fraction of sp³-hybridized carbons (Fsp3) is 0.231. The van der Waals surface area contributed by atoms with Crippen LogP contribution in [0.2, 0.25) is 0 Å². The van der Waals surface area contributed by atoms with E-state index in [1.165, 1.54) is 10.4 Å². The van der Waals surface area contributed by atoms with Crippen LogP contribution in [0.1, 0.15) is 22.9 Å². The van der Waals surface area contributed by atoms with E-state index >= 15 is 0 Å². The molecule has 78 valence electrons. The van der Waals surface area contributed by atoms with Crippen LogP contribution in [-0.2, 0) is 6.42 Å². The Morgan fingerprint density at radius 2 is 1.87 bits per heavy atom. The Labute approximate surface area is 94.6 Å². The predicted molar refractivity (Wildman–Crippen MR) is 66.0 cm³/mol. The van der Waals surface area contributed by atoms with Crippen LogP contribution >= 0.6 is 11.3 Å². The van der Waals surface area contributed by atoms with Crippen LogP contribution in [0.15, 0.2) is 47.8 Å². The Kier molecular flexibility index (Phi) is 3.54. The predicted octanol–water partition coefficient (Wildman–Crippen LogP) is 3.38.